The van der Waals surface area contributed by atoms with Gasteiger partial charge in [0.15, 0.2) is 0 Å². The molecule has 4 fully saturated rings. The molecule has 1 aliphatic carbocycles. The molecule has 67 heavy (non-hydrogen) atoms. The Hall–Kier alpha value is -6.19. The van der Waals surface area contributed by atoms with Crippen LogP contribution in [0.3, 0.4) is 0 Å². The quantitative estimate of drug-likeness (QED) is 0.147. The van der Waals surface area contributed by atoms with Crippen LogP contribution in [0.25, 0.3) is 16.4 Å². The van der Waals surface area contributed by atoms with Crippen molar-refractivity contribution >= 4 is 51.4 Å². The molecule has 350 valence electrons. The van der Waals surface area contributed by atoms with Crippen molar-refractivity contribution in [2.75, 3.05) is 56.1 Å². The van der Waals surface area contributed by atoms with Crippen LogP contribution in [0.1, 0.15) is 116 Å². The van der Waals surface area contributed by atoms with Crippen molar-refractivity contribution in [1.82, 2.24) is 39.4 Å². The zero-order chi connectivity index (χ0) is 46.6. The van der Waals surface area contributed by atoms with Crippen LogP contribution in [-0.4, -0.2) is 127 Å². The maximum Gasteiger partial charge on any atom is 0.274 e. The number of nitrogens with one attached hydrogen (secondary N) is 2. The molecule has 7 heterocycles. The summed E-state index contributed by atoms with van der Waals surface area (Å²) < 4.78 is 10.0. The van der Waals surface area contributed by atoms with E-state index < -0.39 is 11.6 Å². The number of carbonyl (C=O) groups is 4. The van der Waals surface area contributed by atoms with Crippen LogP contribution in [0.5, 0.6) is 0 Å². The lowest BCUT2D eigenvalue weighted by Gasteiger charge is -2.47. The molecule has 4 aliphatic heterocycles. The molecule has 1 unspecified atom stereocenters. The number of aromatic nitrogens is 4. The van der Waals surface area contributed by atoms with Gasteiger partial charge in [-0.2, -0.15) is 15.5 Å². The predicted molar refractivity (Wildman–Crippen MR) is 250 cm³/mol. The fourth-order valence-electron chi connectivity index (χ4n) is 11.2. The maximum absolute atomic E-state index is 13.6. The summed E-state index contributed by atoms with van der Waals surface area (Å²) in [6, 6.07) is 17.1. The van der Waals surface area contributed by atoms with Gasteiger partial charge in [-0.3, -0.25) is 39.0 Å². The second-order valence-electron chi connectivity index (χ2n) is 19.5. The van der Waals surface area contributed by atoms with Gasteiger partial charge in [-0.1, -0.05) is 0 Å². The Kier molecular flexibility index (Phi) is 12.1. The zero-order valence-corrected chi connectivity index (χ0v) is 38.5. The number of piperazine rings is 1. The van der Waals surface area contributed by atoms with Gasteiger partial charge in [-0.15, -0.1) is 0 Å². The lowest BCUT2D eigenvalue weighted by molar-refractivity contribution is -0.136. The van der Waals surface area contributed by atoms with Crippen LogP contribution in [-0.2, 0) is 26.5 Å². The molecule has 3 saturated heterocycles. The number of rotatable bonds is 11. The Morgan fingerprint density at radius 1 is 0.970 bits per heavy atom. The van der Waals surface area contributed by atoms with Crippen LogP contribution in [0, 0.1) is 17.2 Å². The number of anilines is 2. The third kappa shape index (κ3) is 8.91. The van der Waals surface area contributed by atoms with Gasteiger partial charge in [0.2, 0.25) is 11.8 Å². The molecule has 4 amide bonds. The van der Waals surface area contributed by atoms with Gasteiger partial charge in [0.1, 0.15) is 24.0 Å². The van der Waals surface area contributed by atoms with Crippen LogP contribution in [0.4, 0.5) is 11.4 Å². The summed E-state index contributed by atoms with van der Waals surface area (Å²) in [5.74, 6) is -0.622. The summed E-state index contributed by atoms with van der Waals surface area (Å²) in [6.45, 7) is 12.3. The summed E-state index contributed by atoms with van der Waals surface area (Å²) in [7, 11) is 0. The van der Waals surface area contributed by atoms with E-state index in [0.717, 1.165) is 99.9 Å². The minimum atomic E-state index is -1.25. The van der Waals surface area contributed by atoms with E-state index in [9.17, 15) is 29.5 Å². The Morgan fingerprint density at radius 3 is 2.51 bits per heavy atom. The largest absolute Gasteiger partial charge is 0.386 e. The van der Waals surface area contributed by atoms with E-state index in [0.29, 0.717) is 65.1 Å². The molecule has 2 aromatic carbocycles. The van der Waals surface area contributed by atoms with Crippen molar-refractivity contribution in [3.8, 4) is 6.07 Å². The number of piperidine rings is 2. The summed E-state index contributed by atoms with van der Waals surface area (Å²) >= 11 is 0. The van der Waals surface area contributed by atoms with Crippen molar-refractivity contribution in [2.24, 2.45) is 5.92 Å². The minimum absolute atomic E-state index is 0.0521. The molecule has 3 aromatic heterocycles. The van der Waals surface area contributed by atoms with E-state index in [1.807, 2.05) is 24.3 Å². The average Bonchev–Trinajstić information content (AvgIpc) is 4.04. The molecule has 0 bridgehead atoms. The molecule has 10 rings (SSSR count). The molecular weight excluding hydrogens is 851 g/mol. The molecule has 5 aliphatic rings. The van der Waals surface area contributed by atoms with Crippen LogP contribution in [0.2, 0.25) is 0 Å². The maximum atomic E-state index is 13.6. The molecule has 17 nitrogen and oxygen atoms in total. The first-order chi connectivity index (χ1) is 32.3. The molecule has 0 radical (unpaired) electrons. The first-order valence-electron chi connectivity index (χ1n) is 23.9. The fourth-order valence-corrected chi connectivity index (χ4v) is 11.2. The highest BCUT2D eigenvalue weighted by Gasteiger charge is 2.40. The first kappa shape index (κ1) is 44.6. The zero-order valence-electron chi connectivity index (χ0n) is 38.5. The molecular formula is C50H59N11O6. The van der Waals surface area contributed by atoms with Gasteiger partial charge in [0, 0.05) is 99.0 Å². The monoisotopic (exact) mass is 909 g/mol. The number of imide groups is 1. The van der Waals surface area contributed by atoms with E-state index in [1.165, 1.54) is 10.7 Å². The molecule has 17 heteroatoms. The van der Waals surface area contributed by atoms with Crippen molar-refractivity contribution < 1.29 is 29.0 Å². The third-order valence-corrected chi connectivity index (χ3v) is 14.8. The van der Waals surface area contributed by atoms with Gasteiger partial charge >= 0.3 is 0 Å². The van der Waals surface area contributed by atoms with Crippen LogP contribution >= 0.6 is 0 Å². The molecule has 1 saturated carbocycles. The molecule has 3 N–H and O–H groups in total. The van der Waals surface area contributed by atoms with Gasteiger partial charge in [0.25, 0.3) is 11.8 Å². The number of hydrogen-bond acceptors (Lipinski definition) is 12. The number of amides is 4. The SMILES string of the molecule is CCO[C@H]1CN(C2CCC(n3cc4cc(NC(=O)c5ccc6cc(C#N)cnn56)c(C(C)(C)O)cc4n3)CC2)CCN1CC1CCN(c2ccc3c(c2)CN(C2CCC(=O)NC2=O)C3=O)CC1. The lowest BCUT2D eigenvalue weighted by atomic mass is 9.89. The Labute approximate surface area is 389 Å². The van der Waals surface area contributed by atoms with Crippen molar-refractivity contribution in [3.63, 3.8) is 0 Å². The van der Waals surface area contributed by atoms with E-state index in [4.69, 9.17) is 9.84 Å². The van der Waals surface area contributed by atoms with Crippen molar-refractivity contribution in [2.45, 2.75) is 109 Å². The number of aliphatic hydroxyl groups is 1. The normalized spacial score (nSPS) is 23.5. The summed E-state index contributed by atoms with van der Waals surface area (Å²) in [6.07, 6.45) is 10.4. The second-order valence-corrected chi connectivity index (χ2v) is 19.5. The third-order valence-electron chi connectivity index (χ3n) is 14.8. The number of fused-ring (bicyclic) bond motifs is 3. The van der Waals surface area contributed by atoms with Crippen LogP contribution < -0.4 is 15.5 Å². The lowest BCUT2D eigenvalue weighted by Crippen LogP contribution is -2.58. The van der Waals surface area contributed by atoms with Crippen LogP contribution in [0.15, 0.2) is 60.9 Å². The second kappa shape index (κ2) is 18.1. The Balaban J connectivity index is 0.726. The van der Waals surface area contributed by atoms with E-state index >= 15 is 0 Å². The Bertz CT molecular complexity index is 2770. The van der Waals surface area contributed by atoms with E-state index in [1.54, 1.807) is 36.9 Å². The highest BCUT2D eigenvalue weighted by atomic mass is 16.5. The average molecular weight is 910 g/mol. The number of ether oxygens (including phenoxy) is 1. The standard InChI is InChI=1S/C50H59N11O6/c1-4-67-46-30-57(19-20-58(46)27-31-15-17-56(18-16-31)37-9-11-39-33(22-37)28-59(49(39)65)43-13-14-45(62)54-47(43)63)35-5-7-36(8-6-35)60-29-34-23-42(40(50(2,3)66)24-41(34)55-60)53-48(64)44-12-10-38-21-32(25-51)26-52-61(38)44/h9-12,21-24,26,29,31,35-36,43,46,66H,4-8,13-20,27-28,30H2,1-3H3,(H,53,64)(H,54,62,63)/t35?,36?,43?,46-/m0/s1. The van der Waals surface area contributed by atoms with Gasteiger partial charge in [-0.05, 0) is 126 Å². The molecule has 5 aromatic rings. The summed E-state index contributed by atoms with van der Waals surface area (Å²) in [5.41, 5.74) is 4.64. The Morgan fingerprint density at radius 2 is 1.76 bits per heavy atom. The smallest absolute Gasteiger partial charge is 0.274 e. The first-order valence-corrected chi connectivity index (χ1v) is 23.9. The molecule has 0 spiro atoms. The van der Waals surface area contributed by atoms with Gasteiger partial charge < -0.3 is 25.0 Å². The summed E-state index contributed by atoms with van der Waals surface area (Å²) in [4.78, 5) is 60.3. The van der Waals surface area contributed by atoms with E-state index in [-0.39, 0.29) is 42.3 Å². The number of nitrogens with zero attached hydrogens (tertiary/aromatic N) is 9. The fraction of sp³-hybridized carbons (Fsp3) is 0.500. The van der Waals surface area contributed by atoms with Gasteiger partial charge in [0.05, 0.1) is 34.4 Å². The number of hydrogen-bond donors (Lipinski definition) is 3. The van der Waals surface area contributed by atoms with Crippen molar-refractivity contribution in [3.05, 3.63) is 88.9 Å². The predicted octanol–water partition coefficient (Wildman–Crippen LogP) is 5.18. The number of nitriles is 1. The summed E-state index contributed by atoms with van der Waals surface area (Å²) in [5, 5.41) is 36.1. The topological polar surface area (TPSA) is 194 Å². The van der Waals surface area contributed by atoms with Gasteiger partial charge in [-0.25, -0.2) is 4.52 Å². The highest BCUT2D eigenvalue weighted by molar-refractivity contribution is 6.06. The number of benzene rings is 2. The van der Waals surface area contributed by atoms with Crippen molar-refractivity contribution in [1.29, 1.82) is 5.26 Å². The minimum Gasteiger partial charge on any atom is -0.386 e. The number of carbonyl (C=O) groups excluding carboxylic acids is 4. The van der Waals surface area contributed by atoms with E-state index in [2.05, 4.69) is 60.4 Å². The highest BCUT2D eigenvalue weighted by Crippen LogP contribution is 2.37. The molecule has 2 atom stereocenters.